The standard InChI is InChI=1S/C11H18N2O2S/c1-6(2)8-7(13-10(12)16-8)9(14)15-11(3,4)5/h6H,1-5H3,(H2,12,13). The summed E-state index contributed by atoms with van der Waals surface area (Å²) in [4.78, 5) is 16.8. The molecule has 1 rings (SSSR count). The van der Waals surface area contributed by atoms with Crippen molar-refractivity contribution in [1.82, 2.24) is 4.98 Å². The van der Waals surface area contributed by atoms with Crippen molar-refractivity contribution in [1.29, 1.82) is 0 Å². The van der Waals surface area contributed by atoms with Gasteiger partial charge in [0, 0.05) is 4.88 Å². The summed E-state index contributed by atoms with van der Waals surface area (Å²) >= 11 is 1.34. The molecule has 0 bridgehead atoms. The molecule has 2 N–H and O–H groups in total. The van der Waals surface area contributed by atoms with Gasteiger partial charge in [0.1, 0.15) is 5.60 Å². The molecular formula is C11H18N2O2S. The van der Waals surface area contributed by atoms with Crippen LogP contribution in [0.4, 0.5) is 5.13 Å². The van der Waals surface area contributed by atoms with Gasteiger partial charge >= 0.3 is 5.97 Å². The Balaban J connectivity index is 2.99. The maximum atomic E-state index is 11.9. The van der Waals surface area contributed by atoms with Gasteiger partial charge in [-0.1, -0.05) is 13.8 Å². The van der Waals surface area contributed by atoms with Gasteiger partial charge in [0.25, 0.3) is 0 Å². The Morgan fingerprint density at radius 1 is 1.44 bits per heavy atom. The van der Waals surface area contributed by atoms with Gasteiger partial charge in [-0.25, -0.2) is 9.78 Å². The fourth-order valence-corrected chi connectivity index (χ4v) is 2.04. The summed E-state index contributed by atoms with van der Waals surface area (Å²) in [6.07, 6.45) is 0. The minimum atomic E-state index is -0.510. The van der Waals surface area contributed by atoms with Crippen LogP contribution in [-0.2, 0) is 4.74 Å². The molecule has 90 valence electrons. The van der Waals surface area contributed by atoms with E-state index in [1.807, 2.05) is 34.6 Å². The second-order valence-electron chi connectivity index (χ2n) is 4.92. The van der Waals surface area contributed by atoms with Crippen LogP contribution >= 0.6 is 11.3 Å². The van der Waals surface area contributed by atoms with Gasteiger partial charge in [-0.15, -0.1) is 11.3 Å². The molecule has 0 atom stereocenters. The second kappa shape index (κ2) is 4.41. The molecule has 0 aliphatic rings. The van der Waals surface area contributed by atoms with Gasteiger partial charge in [-0.05, 0) is 26.7 Å². The highest BCUT2D eigenvalue weighted by atomic mass is 32.1. The molecule has 1 aromatic heterocycles. The van der Waals surface area contributed by atoms with Crippen LogP contribution in [0.5, 0.6) is 0 Å². The van der Waals surface area contributed by atoms with E-state index in [0.29, 0.717) is 10.8 Å². The van der Waals surface area contributed by atoms with Gasteiger partial charge in [-0.2, -0.15) is 0 Å². The molecule has 0 amide bonds. The van der Waals surface area contributed by atoms with Crippen molar-refractivity contribution < 1.29 is 9.53 Å². The maximum absolute atomic E-state index is 11.9. The molecule has 0 radical (unpaired) electrons. The number of thiazole rings is 1. The first-order valence-corrected chi connectivity index (χ1v) is 6.02. The predicted molar refractivity (Wildman–Crippen MR) is 65.8 cm³/mol. The third kappa shape index (κ3) is 3.20. The van der Waals surface area contributed by atoms with E-state index in [2.05, 4.69) is 4.98 Å². The number of nitrogens with zero attached hydrogens (tertiary/aromatic N) is 1. The Hall–Kier alpha value is -1.10. The number of anilines is 1. The average Bonchev–Trinajstić information content (AvgIpc) is 2.44. The van der Waals surface area contributed by atoms with Crippen molar-refractivity contribution in [3.8, 4) is 0 Å². The zero-order valence-electron chi connectivity index (χ0n) is 10.3. The number of hydrogen-bond donors (Lipinski definition) is 1. The monoisotopic (exact) mass is 242 g/mol. The van der Waals surface area contributed by atoms with Crippen LogP contribution in [0.15, 0.2) is 0 Å². The molecule has 0 aliphatic carbocycles. The lowest BCUT2D eigenvalue weighted by molar-refractivity contribution is 0.00623. The van der Waals surface area contributed by atoms with Crippen LogP contribution in [0.2, 0.25) is 0 Å². The van der Waals surface area contributed by atoms with Gasteiger partial charge in [0.2, 0.25) is 0 Å². The normalized spacial score (nSPS) is 11.9. The SMILES string of the molecule is CC(C)c1sc(N)nc1C(=O)OC(C)(C)C. The summed E-state index contributed by atoms with van der Waals surface area (Å²) in [6.45, 7) is 9.49. The number of hydrogen-bond acceptors (Lipinski definition) is 5. The van der Waals surface area contributed by atoms with Gasteiger partial charge in [0.05, 0.1) is 0 Å². The number of aromatic nitrogens is 1. The van der Waals surface area contributed by atoms with Crippen LogP contribution < -0.4 is 5.73 Å². The fourth-order valence-electron chi connectivity index (χ4n) is 1.21. The molecule has 0 saturated carbocycles. The topological polar surface area (TPSA) is 65.2 Å². The Bertz CT molecular complexity index is 391. The number of rotatable bonds is 2. The number of esters is 1. The molecule has 1 heterocycles. The first-order chi connectivity index (χ1) is 7.20. The highest BCUT2D eigenvalue weighted by Crippen LogP contribution is 2.29. The smallest absolute Gasteiger partial charge is 0.358 e. The minimum Gasteiger partial charge on any atom is -0.455 e. The van der Waals surface area contributed by atoms with Gasteiger partial charge in [-0.3, -0.25) is 0 Å². The van der Waals surface area contributed by atoms with Crippen molar-refractivity contribution in [2.45, 2.75) is 46.1 Å². The first kappa shape index (κ1) is 13.0. The van der Waals surface area contributed by atoms with Gasteiger partial charge in [0.15, 0.2) is 10.8 Å². The Labute approximate surface area is 99.8 Å². The summed E-state index contributed by atoms with van der Waals surface area (Å²) in [5, 5.41) is 0.407. The number of ether oxygens (including phenoxy) is 1. The van der Waals surface area contributed by atoms with Crippen molar-refractivity contribution >= 4 is 22.4 Å². The van der Waals surface area contributed by atoms with Crippen LogP contribution in [0.3, 0.4) is 0 Å². The fraction of sp³-hybridized carbons (Fsp3) is 0.636. The number of carbonyl (C=O) groups is 1. The molecule has 0 unspecified atom stereocenters. The summed E-state index contributed by atoms with van der Waals surface area (Å²) < 4.78 is 5.28. The summed E-state index contributed by atoms with van der Waals surface area (Å²) in [6, 6.07) is 0. The molecule has 0 aromatic carbocycles. The van der Waals surface area contributed by atoms with E-state index in [0.717, 1.165) is 4.88 Å². The van der Waals surface area contributed by atoms with Gasteiger partial charge < -0.3 is 10.5 Å². The van der Waals surface area contributed by atoms with Crippen LogP contribution in [0.1, 0.15) is 55.9 Å². The van der Waals surface area contributed by atoms with E-state index in [4.69, 9.17) is 10.5 Å². The summed E-state index contributed by atoms with van der Waals surface area (Å²) in [5.74, 6) is -0.179. The Morgan fingerprint density at radius 3 is 2.44 bits per heavy atom. The quantitative estimate of drug-likeness (QED) is 0.810. The molecule has 0 spiro atoms. The Kier molecular flexibility index (Phi) is 3.57. The van der Waals surface area contributed by atoms with Crippen molar-refractivity contribution in [3.63, 3.8) is 0 Å². The highest BCUT2D eigenvalue weighted by Gasteiger charge is 2.24. The molecular weight excluding hydrogens is 224 g/mol. The first-order valence-electron chi connectivity index (χ1n) is 5.20. The van der Waals surface area contributed by atoms with Crippen LogP contribution in [0, 0.1) is 0 Å². The number of nitrogens with two attached hydrogens (primary N) is 1. The minimum absolute atomic E-state index is 0.220. The van der Waals surface area contributed by atoms with E-state index < -0.39 is 11.6 Å². The molecule has 0 saturated heterocycles. The third-order valence-electron chi connectivity index (χ3n) is 1.79. The molecule has 16 heavy (non-hydrogen) atoms. The van der Waals surface area contributed by atoms with E-state index in [1.165, 1.54) is 11.3 Å². The van der Waals surface area contributed by atoms with Crippen molar-refractivity contribution in [2.75, 3.05) is 5.73 Å². The largest absolute Gasteiger partial charge is 0.455 e. The summed E-state index contributed by atoms with van der Waals surface area (Å²) in [7, 11) is 0. The average molecular weight is 242 g/mol. The highest BCUT2D eigenvalue weighted by molar-refractivity contribution is 7.15. The molecule has 0 aliphatic heterocycles. The maximum Gasteiger partial charge on any atom is 0.358 e. The molecule has 4 nitrogen and oxygen atoms in total. The van der Waals surface area contributed by atoms with E-state index >= 15 is 0 Å². The molecule has 1 aromatic rings. The van der Waals surface area contributed by atoms with E-state index in [9.17, 15) is 4.79 Å². The van der Waals surface area contributed by atoms with Crippen molar-refractivity contribution in [3.05, 3.63) is 10.6 Å². The summed E-state index contributed by atoms with van der Waals surface area (Å²) in [5.41, 5.74) is 5.46. The zero-order valence-corrected chi connectivity index (χ0v) is 11.1. The molecule has 5 heteroatoms. The number of carbonyl (C=O) groups excluding carboxylic acids is 1. The third-order valence-corrected chi connectivity index (χ3v) is 2.97. The van der Waals surface area contributed by atoms with E-state index in [1.54, 1.807) is 0 Å². The van der Waals surface area contributed by atoms with E-state index in [-0.39, 0.29) is 5.92 Å². The zero-order chi connectivity index (χ0) is 12.5. The lowest BCUT2D eigenvalue weighted by Crippen LogP contribution is -2.24. The Morgan fingerprint density at radius 2 is 2.00 bits per heavy atom. The lowest BCUT2D eigenvalue weighted by Gasteiger charge is -2.19. The lowest BCUT2D eigenvalue weighted by atomic mass is 10.1. The molecule has 0 fully saturated rings. The predicted octanol–water partition coefficient (Wildman–Crippen LogP) is 2.80. The second-order valence-corrected chi connectivity index (χ2v) is 5.98. The van der Waals surface area contributed by atoms with Crippen molar-refractivity contribution in [2.24, 2.45) is 0 Å². The van der Waals surface area contributed by atoms with Crippen LogP contribution in [-0.4, -0.2) is 16.6 Å². The number of nitrogen functional groups attached to an aromatic ring is 1. The van der Waals surface area contributed by atoms with Crippen LogP contribution in [0.25, 0.3) is 0 Å².